The summed E-state index contributed by atoms with van der Waals surface area (Å²) in [6.45, 7) is 5.33. The van der Waals surface area contributed by atoms with Gasteiger partial charge in [-0.25, -0.2) is 0 Å². The zero-order valence-corrected chi connectivity index (χ0v) is 12.4. The van der Waals surface area contributed by atoms with Gasteiger partial charge in [0, 0.05) is 26.1 Å². The second-order valence-electron chi connectivity index (χ2n) is 6.16. The Morgan fingerprint density at radius 3 is 2.40 bits per heavy atom. The number of nitrogens with zero attached hydrogens (tertiary/aromatic N) is 2. The second kappa shape index (κ2) is 7.07. The Kier molecular flexibility index (Phi) is 5.40. The molecule has 20 heavy (non-hydrogen) atoms. The number of likely N-dealkylation sites (tertiary alicyclic amines) is 2. The highest BCUT2D eigenvalue weighted by atomic mass is 16.4. The van der Waals surface area contributed by atoms with Crippen molar-refractivity contribution in [1.82, 2.24) is 9.80 Å². The lowest BCUT2D eigenvalue weighted by Gasteiger charge is -2.29. The molecule has 2 saturated heterocycles. The van der Waals surface area contributed by atoms with Crippen LogP contribution in [0.25, 0.3) is 0 Å². The summed E-state index contributed by atoms with van der Waals surface area (Å²) in [6, 6.07) is -0.105. The van der Waals surface area contributed by atoms with Gasteiger partial charge >= 0.3 is 5.97 Å². The number of hydrogen-bond donors (Lipinski definition) is 1. The SMILES string of the molecule is CC(C(=O)N1CCCCCC1)N1CCC(CC(=O)O)C1. The van der Waals surface area contributed by atoms with Gasteiger partial charge in [0.05, 0.1) is 6.04 Å². The van der Waals surface area contributed by atoms with Crippen LogP contribution in [-0.4, -0.2) is 59.0 Å². The fourth-order valence-electron chi connectivity index (χ4n) is 3.34. The molecule has 5 nitrogen and oxygen atoms in total. The van der Waals surface area contributed by atoms with E-state index in [4.69, 9.17) is 5.11 Å². The van der Waals surface area contributed by atoms with E-state index in [1.165, 1.54) is 12.8 Å². The fraction of sp³-hybridized carbons (Fsp3) is 0.867. The van der Waals surface area contributed by atoms with Crippen LogP contribution in [0, 0.1) is 5.92 Å². The number of carboxylic acids is 1. The maximum atomic E-state index is 12.5. The van der Waals surface area contributed by atoms with Gasteiger partial charge in [-0.15, -0.1) is 0 Å². The molecule has 0 spiro atoms. The van der Waals surface area contributed by atoms with Gasteiger partial charge in [-0.1, -0.05) is 12.8 Å². The van der Waals surface area contributed by atoms with Crippen molar-refractivity contribution in [3.63, 3.8) is 0 Å². The molecule has 0 bridgehead atoms. The number of amides is 1. The number of rotatable bonds is 4. The highest BCUT2D eigenvalue weighted by Crippen LogP contribution is 2.23. The molecular formula is C15H26N2O3. The molecular weight excluding hydrogens is 256 g/mol. The minimum Gasteiger partial charge on any atom is -0.481 e. The van der Waals surface area contributed by atoms with Gasteiger partial charge < -0.3 is 10.0 Å². The molecule has 0 aliphatic carbocycles. The maximum Gasteiger partial charge on any atom is 0.303 e. The number of aliphatic carboxylic acids is 1. The third-order valence-electron chi connectivity index (χ3n) is 4.60. The van der Waals surface area contributed by atoms with Crippen LogP contribution in [0.5, 0.6) is 0 Å². The van der Waals surface area contributed by atoms with Gasteiger partial charge in [0.15, 0.2) is 0 Å². The first kappa shape index (κ1) is 15.3. The first-order valence-corrected chi connectivity index (χ1v) is 7.82. The summed E-state index contributed by atoms with van der Waals surface area (Å²) >= 11 is 0. The lowest BCUT2D eigenvalue weighted by atomic mass is 10.1. The average molecular weight is 282 g/mol. The first-order valence-electron chi connectivity index (χ1n) is 7.82. The van der Waals surface area contributed by atoms with Crippen LogP contribution >= 0.6 is 0 Å². The lowest BCUT2D eigenvalue weighted by molar-refractivity contribution is -0.138. The lowest BCUT2D eigenvalue weighted by Crippen LogP contribution is -2.46. The van der Waals surface area contributed by atoms with Crippen LogP contribution in [0.15, 0.2) is 0 Å². The van der Waals surface area contributed by atoms with Crippen molar-refractivity contribution in [2.45, 2.75) is 51.5 Å². The van der Waals surface area contributed by atoms with Crippen LogP contribution in [0.1, 0.15) is 45.4 Å². The van der Waals surface area contributed by atoms with E-state index in [0.717, 1.165) is 45.4 Å². The number of carbonyl (C=O) groups excluding carboxylic acids is 1. The summed E-state index contributed by atoms with van der Waals surface area (Å²) in [5.74, 6) is -0.307. The fourth-order valence-corrected chi connectivity index (χ4v) is 3.34. The van der Waals surface area contributed by atoms with Crippen LogP contribution < -0.4 is 0 Å². The van der Waals surface area contributed by atoms with Crippen molar-refractivity contribution in [1.29, 1.82) is 0 Å². The zero-order chi connectivity index (χ0) is 14.5. The number of carboxylic acid groups (broad SMARTS) is 1. The third kappa shape index (κ3) is 3.95. The molecule has 1 amide bonds. The Hall–Kier alpha value is -1.10. The Balaban J connectivity index is 1.85. The Morgan fingerprint density at radius 1 is 1.15 bits per heavy atom. The van der Waals surface area contributed by atoms with Crippen LogP contribution in [0.3, 0.4) is 0 Å². The number of carbonyl (C=O) groups is 2. The number of hydrogen-bond acceptors (Lipinski definition) is 3. The Labute approximate surface area is 120 Å². The van der Waals surface area contributed by atoms with E-state index >= 15 is 0 Å². The van der Waals surface area contributed by atoms with Gasteiger partial charge in [0.1, 0.15) is 0 Å². The highest BCUT2D eigenvalue weighted by molar-refractivity contribution is 5.81. The van der Waals surface area contributed by atoms with Crippen LogP contribution in [0.4, 0.5) is 0 Å². The molecule has 5 heteroatoms. The molecule has 0 aromatic rings. The van der Waals surface area contributed by atoms with E-state index < -0.39 is 5.97 Å². The van der Waals surface area contributed by atoms with Crippen LogP contribution in [0.2, 0.25) is 0 Å². The first-order chi connectivity index (χ1) is 9.58. The average Bonchev–Trinajstić information content (AvgIpc) is 2.70. The second-order valence-corrected chi connectivity index (χ2v) is 6.16. The summed E-state index contributed by atoms with van der Waals surface area (Å²) in [4.78, 5) is 27.4. The maximum absolute atomic E-state index is 12.5. The molecule has 114 valence electrons. The van der Waals surface area contributed by atoms with E-state index in [1.807, 2.05) is 11.8 Å². The summed E-state index contributed by atoms with van der Waals surface area (Å²) in [5, 5.41) is 8.85. The standard InChI is InChI=1S/C15H26N2O3/c1-12(15(20)16-7-4-2-3-5-8-16)17-9-6-13(11-17)10-14(18)19/h12-13H,2-11H2,1H3,(H,18,19). The molecule has 2 atom stereocenters. The molecule has 2 aliphatic heterocycles. The largest absolute Gasteiger partial charge is 0.481 e. The third-order valence-corrected chi connectivity index (χ3v) is 4.60. The molecule has 2 rings (SSSR count). The summed E-state index contributed by atoms with van der Waals surface area (Å²) < 4.78 is 0. The van der Waals surface area contributed by atoms with E-state index in [2.05, 4.69) is 4.90 Å². The zero-order valence-electron chi connectivity index (χ0n) is 12.4. The topological polar surface area (TPSA) is 60.9 Å². The van der Waals surface area contributed by atoms with Gasteiger partial charge in [0.2, 0.25) is 5.91 Å². The van der Waals surface area contributed by atoms with E-state index in [0.29, 0.717) is 0 Å². The van der Waals surface area contributed by atoms with E-state index in [-0.39, 0.29) is 24.3 Å². The van der Waals surface area contributed by atoms with Gasteiger partial charge in [0.25, 0.3) is 0 Å². The van der Waals surface area contributed by atoms with E-state index in [1.54, 1.807) is 0 Å². The normalized spacial score (nSPS) is 26.2. The van der Waals surface area contributed by atoms with Gasteiger partial charge in [-0.3, -0.25) is 14.5 Å². The Bertz CT molecular complexity index is 351. The van der Waals surface area contributed by atoms with Crippen molar-refractivity contribution < 1.29 is 14.7 Å². The summed E-state index contributed by atoms with van der Waals surface area (Å²) in [5.41, 5.74) is 0. The van der Waals surface area contributed by atoms with Crippen LogP contribution in [-0.2, 0) is 9.59 Å². The molecule has 2 unspecified atom stereocenters. The van der Waals surface area contributed by atoms with Gasteiger partial charge in [-0.05, 0) is 38.6 Å². The summed E-state index contributed by atoms with van der Waals surface area (Å²) in [6.07, 6.45) is 5.79. The minimum absolute atomic E-state index is 0.105. The quantitative estimate of drug-likeness (QED) is 0.850. The molecule has 2 heterocycles. The van der Waals surface area contributed by atoms with Crippen molar-refractivity contribution in [2.24, 2.45) is 5.92 Å². The highest BCUT2D eigenvalue weighted by Gasteiger charge is 2.32. The molecule has 2 aliphatic rings. The predicted molar refractivity (Wildman–Crippen MR) is 76.4 cm³/mol. The summed E-state index contributed by atoms with van der Waals surface area (Å²) in [7, 11) is 0. The monoisotopic (exact) mass is 282 g/mol. The smallest absolute Gasteiger partial charge is 0.303 e. The van der Waals surface area contributed by atoms with Crippen molar-refractivity contribution >= 4 is 11.9 Å². The molecule has 0 aromatic carbocycles. The Morgan fingerprint density at radius 2 is 1.80 bits per heavy atom. The van der Waals surface area contributed by atoms with Crippen molar-refractivity contribution in [3.8, 4) is 0 Å². The molecule has 0 saturated carbocycles. The predicted octanol–water partition coefficient (Wildman–Crippen LogP) is 1.57. The molecule has 2 fully saturated rings. The molecule has 1 N–H and O–H groups in total. The van der Waals surface area contributed by atoms with Crippen molar-refractivity contribution in [3.05, 3.63) is 0 Å². The molecule has 0 radical (unpaired) electrons. The molecule has 0 aromatic heterocycles. The minimum atomic E-state index is -0.733. The van der Waals surface area contributed by atoms with Crippen molar-refractivity contribution in [2.75, 3.05) is 26.2 Å². The van der Waals surface area contributed by atoms with Gasteiger partial charge in [-0.2, -0.15) is 0 Å². The van der Waals surface area contributed by atoms with E-state index in [9.17, 15) is 9.59 Å².